The highest BCUT2D eigenvalue weighted by atomic mass is 35.7. The van der Waals surface area contributed by atoms with Gasteiger partial charge < -0.3 is 13.9 Å². The largest absolute Gasteiger partial charge is 0.532 e. The normalized spacial score (nSPS) is 14.3. The predicted octanol–water partition coefficient (Wildman–Crippen LogP) is 4.11. The molecular weight excluding hydrogens is 365 g/mol. The zero-order valence-electron chi connectivity index (χ0n) is 13.6. The van der Waals surface area contributed by atoms with Crippen molar-refractivity contribution in [2.75, 3.05) is 6.61 Å². The molecule has 0 saturated carbocycles. The molecule has 0 aliphatic rings. The average molecular weight is 384 g/mol. The van der Waals surface area contributed by atoms with Crippen LogP contribution in [0.5, 0.6) is 5.75 Å². The van der Waals surface area contributed by atoms with Gasteiger partial charge in [0.1, 0.15) is 11.8 Å². The summed E-state index contributed by atoms with van der Waals surface area (Å²) in [7, 11) is 0. The molecule has 2 atom stereocenters. The summed E-state index contributed by atoms with van der Waals surface area (Å²) in [5, 5.41) is 0. The fourth-order valence-corrected chi connectivity index (χ4v) is 3.08. The molecule has 2 rings (SSSR count). The Morgan fingerprint density at radius 1 is 1.12 bits per heavy atom. The van der Waals surface area contributed by atoms with Crippen LogP contribution in [0.4, 0.5) is 0 Å². The summed E-state index contributed by atoms with van der Waals surface area (Å²) < 4.78 is 21.8. The molecule has 25 heavy (non-hydrogen) atoms. The second-order valence-corrected chi connectivity index (χ2v) is 7.64. The third kappa shape index (κ3) is 7.28. The molecular formula is C17H19ClNO5P. The standard InChI is InChI=1S/C17H19ClNO5P/c1-14(19-22-13-12-15-8-4-2-5-9-15)17(20)24-25(18,21)23-16-10-6-3-7-11-16/h2-11,14,19H,12-13H2,1H3/t14-,25?/m0/s1. The van der Waals surface area contributed by atoms with E-state index in [0.717, 1.165) is 5.56 Å². The van der Waals surface area contributed by atoms with Crippen LogP contribution in [0, 0.1) is 0 Å². The molecule has 134 valence electrons. The van der Waals surface area contributed by atoms with E-state index in [1.807, 2.05) is 30.3 Å². The van der Waals surface area contributed by atoms with E-state index in [2.05, 4.69) is 5.48 Å². The topological polar surface area (TPSA) is 73.9 Å². The van der Waals surface area contributed by atoms with E-state index in [-0.39, 0.29) is 5.75 Å². The first-order chi connectivity index (χ1) is 12.0. The Bertz CT molecular complexity index is 713. The van der Waals surface area contributed by atoms with Crippen LogP contribution in [0.1, 0.15) is 12.5 Å². The lowest BCUT2D eigenvalue weighted by Crippen LogP contribution is -2.35. The van der Waals surface area contributed by atoms with Crippen molar-refractivity contribution >= 4 is 24.2 Å². The third-order valence-corrected chi connectivity index (χ3v) is 4.35. The first-order valence-corrected chi connectivity index (χ1v) is 10.1. The van der Waals surface area contributed by atoms with Gasteiger partial charge in [-0.3, -0.25) is 0 Å². The summed E-state index contributed by atoms with van der Waals surface area (Å²) >= 11 is 5.67. The molecule has 0 aliphatic heterocycles. The lowest BCUT2D eigenvalue weighted by Gasteiger charge is -2.16. The molecule has 0 saturated heterocycles. The van der Waals surface area contributed by atoms with Crippen LogP contribution in [0.2, 0.25) is 0 Å². The van der Waals surface area contributed by atoms with Gasteiger partial charge in [-0.25, -0.2) is 9.36 Å². The summed E-state index contributed by atoms with van der Waals surface area (Å²) in [4.78, 5) is 17.1. The molecule has 1 unspecified atom stereocenters. The molecule has 2 aromatic rings. The van der Waals surface area contributed by atoms with Crippen molar-refractivity contribution in [3.63, 3.8) is 0 Å². The predicted molar refractivity (Wildman–Crippen MR) is 95.3 cm³/mol. The molecule has 0 heterocycles. The van der Waals surface area contributed by atoms with Gasteiger partial charge >= 0.3 is 12.9 Å². The van der Waals surface area contributed by atoms with Crippen LogP contribution in [-0.4, -0.2) is 18.6 Å². The van der Waals surface area contributed by atoms with Gasteiger partial charge in [0.25, 0.3) is 0 Å². The first-order valence-electron chi connectivity index (χ1n) is 7.65. The van der Waals surface area contributed by atoms with Crippen molar-refractivity contribution in [1.82, 2.24) is 5.48 Å². The number of benzene rings is 2. The lowest BCUT2D eigenvalue weighted by molar-refractivity contribution is -0.140. The number of halogens is 1. The molecule has 1 N–H and O–H groups in total. The molecule has 0 aliphatic carbocycles. The maximum absolute atomic E-state index is 12.0. The minimum atomic E-state index is -4.08. The van der Waals surface area contributed by atoms with E-state index in [4.69, 9.17) is 25.1 Å². The second kappa shape index (κ2) is 9.59. The SMILES string of the molecule is C[C@H](NOCCc1ccccc1)C(=O)OP(=O)(Cl)Oc1ccccc1. The van der Waals surface area contributed by atoms with Crippen LogP contribution >= 0.6 is 18.2 Å². The van der Waals surface area contributed by atoms with Gasteiger partial charge in [0.05, 0.1) is 6.61 Å². The number of rotatable bonds is 9. The van der Waals surface area contributed by atoms with Crippen molar-refractivity contribution in [1.29, 1.82) is 0 Å². The smallest absolute Gasteiger partial charge is 0.405 e. The van der Waals surface area contributed by atoms with Crippen LogP contribution < -0.4 is 10.0 Å². The van der Waals surface area contributed by atoms with Crippen molar-refractivity contribution in [2.24, 2.45) is 0 Å². The van der Waals surface area contributed by atoms with Crippen LogP contribution in [0.15, 0.2) is 60.7 Å². The van der Waals surface area contributed by atoms with Gasteiger partial charge in [-0.2, -0.15) is 5.48 Å². The van der Waals surface area contributed by atoms with E-state index >= 15 is 0 Å². The lowest BCUT2D eigenvalue weighted by atomic mass is 10.2. The van der Waals surface area contributed by atoms with Crippen molar-refractivity contribution in [2.45, 2.75) is 19.4 Å². The zero-order chi connectivity index (χ0) is 18.1. The van der Waals surface area contributed by atoms with Gasteiger partial charge in [0, 0.05) is 11.2 Å². The van der Waals surface area contributed by atoms with Crippen LogP contribution in [0.25, 0.3) is 0 Å². The van der Waals surface area contributed by atoms with Gasteiger partial charge in [0.2, 0.25) is 0 Å². The van der Waals surface area contributed by atoms with Gasteiger partial charge in [0.15, 0.2) is 0 Å². The number of nitrogens with one attached hydrogen (secondary N) is 1. The summed E-state index contributed by atoms with van der Waals surface area (Å²) in [5.41, 5.74) is 3.64. The van der Waals surface area contributed by atoms with Gasteiger partial charge in [-0.15, -0.1) is 0 Å². The number of hydrogen-bond donors (Lipinski definition) is 1. The second-order valence-electron chi connectivity index (χ2n) is 5.17. The number of carbonyl (C=O) groups excluding carboxylic acids is 1. The third-order valence-electron chi connectivity index (χ3n) is 3.11. The molecule has 2 aromatic carbocycles. The molecule has 0 bridgehead atoms. The molecule has 8 heteroatoms. The Hall–Kier alpha value is -1.85. The quantitative estimate of drug-likeness (QED) is 0.399. The Morgan fingerprint density at radius 2 is 1.72 bits per heavy atom. The Kier molecular flexibility index (Phi) is 7.47. The number of hydroxylamine groups is 1. The van der Waals surface area contributed by atoms with E-state index in [0.29, 0.717) is 13.0 Å². The molecule has 0 amide bonds. The molecule has 0 aromatic heterocycles. The minimum Gasteiger partial charge on any atom is -0.405 e. The zero-order valence-corrected chi connectivity index (χ0v) is 15.3. The average Bonchev–Trinajstić information content (AvgIpc) is 2.59. The highest BCUT2D eigenvalue weighted by molar-refractivity contribution is 7.82. The summed E-state index contributed by atoms with van der Waals surface area (Å²) in [6, 6.07) is 17.1. The highest BCUT2D eigenvalue weighted by Crippen LogP contribution is 2.53. The maximum Gasteiger partial charge on any atom is 0.532 e. The van der Waals surface area contributed by atoms with E-state index < -0.39 is 19.0 Å². The highest BCUT2D eigenvalue weighted by Gasteiger charge is 2.30. The molecule has 0 spiro atoms. The molecule has 0 radical (unpaired) electrons. The Morgan fingerprint density at radius 3 is 2.36 bits per heavy atom. The van der Waals surface area contributed by atoms with Crippen molar-refractivity contribution in [3.8, 4) is 5.75 Å². The Balaban J connectivity index is 1.72. The summed E-state index contributed by atoms with van der Waals surface area (Å²) in [5.74, 6) is -0.595. The molecule has 6 nitrogen and oxygen atoms in total. The number of hydrogen-bond acceptors (Lipinski definition) is 6. The fraction of sp³-hybridized carbons (Fsp3) is 0.235. The van der Waals surface area contributed by atoms with E-state index in [1.165, 1.54) is 6.92 Å². The van der Waals surface area contributed by atoms with Gasteiger partial charge in [-0.1, -0.05) is 48.5 Å². The maximum atomic E-state index is 12.0. The van der Waals surface area contributed by atoms with Crippen LogP contribution in [0.3, 0.4) is 0 Å². The minimum absolute atomic E-state index is 0.244. The van der Waals surface area contributed by atoms with Crippen molar-refractivity contribution in [3.05, 3.63) is 66.2 Å². The van der Waals surface area contributed by atoms with E-state index in [1.54, 1.807) is 30.3 Å². The summed E-state index contributed by atoms with van der Waals surface area (Å²) in [6.45, 7) is -2.22. The van der Waals surface area contributed by atoms with Gasteiger partial charge in [-0.05, 0) is 31.0 Å². The number of carbonyl (C=O) groups is 1. The fourth-order valence-electron chi connectivity index (χ4n) is 1.86. The molecule has 0 fully saturated rings. The first kappa shape index (κ1) is 19.5. The number of para-hydroxylation sites is 1. The van der Waals surface area contributed by atoms with E-state index in [9.17, 15) is 9.36 Å². The summed E-state index contributed by atoms with van der Waals surface area (Å²) in [6.07, 6.45) is 0.681. The monoisotopic (exact) mass is 383 g/mol. The van der Waals surface area contributed by atoms with Crippen LogP contribution in [-0.2, 0) is 25.1 Å². The Labute approximate surface area is 151 Å². The van der Waals surface area contributed by atoms with Crippen molar-refractivity contribution < 1.29 is 23.2 Å².